The van der Waals surface area contributed by atoms with Crippen molar-refractivity contribution in [3.05, 3.63) is 0 Å². The average molecular weight is 185 g/mol. The van der Waals surface area contributed by atoms with E-state index >= 15 is 0 Å². The standard InChI is InChI=1S/C10H19NO2/c1-4-6-7-11-9(5-2)8(3)13-10(11)12/h8-9H,4-7H2,1-3H3. The number of hydrogen-bond donors (Lipinski definition) is 0. The maximum atomic E-state index is 11.4. The molecule has 0 aromatic rings. The first-order chi connectivity index (χ1) is 6.20. The second-order valence-electron chi connectivity index (χ2n) is 3.61. The van der Waals surface area contributed by atoms with Crippen LogP contribution in [0.1, 0.15) is 40.0 Å². The molecule has 2 unspecified atom stereocenters. The molecule has 0 saturated carbocycles. The smallest absolute Gasteiger partial charge is 0.410 e. The molecule has 13 heavy (non-hydrogen) atoms. The molecule has 1 aliphatic heterocycles. The van der Waals surface area contributed by atoms with Crippen molar-refractivity contribution in [2.75, 3.05) is 6.54 Å². The number of unbranched alkanes of at least 4 members (excludes halogenated alkanes) is 1. The van der Waals surface area contributed by atoms with Crippen molar-refractivity contribution in [3.63, 3.8) is 0 Å². The summed E-state index contributed by atoms with van der Waals surface area (Å²) >= 11 is 0. The van der Waals surface area contributed by atoms with E-state index in [0.717, 1.165) is 25.8 Å². The molecule has 3 nitrogen and oxygen atoms in total. The molecule has 0 N–H and O–H groups in total. The van der Waals surface area contributed by atoms with Crippen molar-refractivity contribution >= 4 is 6.09 Å². The maximum Gasteiger partial charge on any atom is 0.410 e. The van der Waals surface area contributed by atoms with Gasteiger partial charge in [0.15, 0.2) is 0 Å². The Bertz CT molecular complexity index is 182. The largest absolute Gasteiger partial charge is 0.444 e. The van der Waals surface area contributed by atoms with Gasteiger partial charge in [0.25, 0.3) is 0 Å². The van der Waals surface area contributed by atoms with Crippen LogP contribution in [0.15, 0.2) is 0 Å². The highest BCUT2D eigenvalue weighted by atomic mass is 16.6. The second kappa shape index (κ2) is 4.49. The minimum atomic E-state index is -0.132. The Hall–Kier alpha value is -0.730. The molecule has 1 heterocycles. The van der Waals surface area contributed by atoms with Gasteiger partial charge in [-0.3, -0.25) is 0 Å². The fourth-order valence-corrected chi connectivity index (χ4v) is 1.83. The van der Waals surface area contributed by atoms with E-state index in [1.165, 1.54) is 0 Å². The van der Waals surface area contributed by atoms with E-state index in [1.807, 2.05) is 11.8 Å². The summed E-state index contributed by atoms with van der Waals surface area (Å²) in [4.78, 5) is 13.2. The SMILES string of the molecule is CCCCN1C(=O)OC(C)C1CC. The van der Waals surface area contributed by atoms with Gasteiger partial charge < -0.3 is 9.64 Å². The minimum absolute atomic E-state index is 0.0642. The number of carbonyl (C=O) groups is 1. The summed E-state index contributed by atoms with van der Waals surface area (Å²) in [5.41, 5.74) is 0. The second-order valence-corrected chi connectivity index (χ2v) is 3.61. The van der Waals surface area contributed by atoms with Gasteiger partial charge >= 0.3 is 6.09 Å². The molecule has 2 atom stereocenters. The molecule has 1 fully saturated rings. The molecule has 1 rings (SSSR count). The van der Waals surface area contributed by atoms with Crippen LogP contribution in [0.2, 0.25) is 0 Å². The summed E-state index contributed by atoms with van der Waals surface area (Å²) < 4.78 is 5.16. The quantitative estimate of drug-likeness (QED) is 0.673. The lowest BCUT2D eigenvalue weighted by molar-refractivity contribution is 0.136. The van der Waals surface area contributed by atoms with Crippen LogP contribution in [-0.2, 0) is 4.74 Å². The van der Waals surface area contributed by atoms with Crippen LogP contribution in [0.25, 0.3) is 0 Å². The number of hydrogen-bond acceptors (Lipinski definition) is 2. The first kappa shape index (κ1) is 10.4. The molecule has 1 aliphatic rings. The number of nitrogens with zero attached hydrogens (tertiary/aromatic N) is 1. The van der Waals surface area contributed by atoms with E-state index in [-0.39, 0.29) is 12.2 Å². The van der Waals surface area contributed by atoms with E-state index in [2.05, 4.69) is 13.8 Å². The Morgan fingerprint density at radius 2 is 2.15 bits per heavy atom. The van der Waals surface area contributed by atoms with E-state index < -0.39 is 0 Å². The molecule has 1 saturated heterocycles. The van der Waals surface area contributed by atoms with Gasteiger partial charge in [0.2, 0.25) is 0 Å². The van der Waals surface area contributed by atoms with Crippen LogP contribution in [0.5, 0.6) is 0 Å². The van der Waals surface area contributed by atoms with Gasteiger partial charge in [-0.15, -0.1) is 0 Å². The highest BCUT2D eigenvalue weighted by Crippen LogP contribution is 2.21. The van der Waals surface area contributed by atoms with Crippen molar-refractivity contribution in [2.45, 2.75) is 52.2 Å². The molecule has 1 amide bonds. The maximum absolute atomic E-state index is 11.4. The van der Waals surface area contributed by atoms with Gasteiger partial charge in [0.05, 0.1) is 6.04 Å². The van der Waals surface area contributed by atoms with E-state index in [4.69, 9.17) is 4.74 Å². The van der Waals surface area contributed by atoms with Crippen LogP contribution in [0.3, 0.4) is 0 Å². The number of rotatable bonds is 4. The molecule has 0 aromatic heterocycles. The summed E-state index contributed by atoms with van der Waals surface area (Å²) in [6, 6.07) is 0.291. The fraction of sp³-hybridized carbons (Fsp3) is 0.900. The first-order valence-electron chi connectivity index (χ1n) is 5.18. The third-order valence-corrected chi connectivity index (χ3v) is 2.63. The van der Waals surface area contributed by atoms with Gasteiger partial charge in [0, 0.05) is 6.54 Å². The minimum Gasteiger partial charge on any atom is -0.444 e. The average Bonchev–Trinajstić information content (AvgIpc) is 2.37. The molecule has 0 aromatic carbocycles. The van der Waals surface area contributed by atoms with E-state index in [1.54, 1.807) is 0 Å². The molecule has 0 bridgehead atoms. The summed E-state index contributed by atoms with van der Waals surface area (Å²) in [5.74, 6) is 0. The van der Waals surface area contributed by atoms with Gasteiger partial charge in [0.1, 0.15) is 6.10 Å². The Morgan fingerprint density at radius 3 is 2.69 bits per heavy atom. The predicted octanol–water partition coefficient (Wildman–Crippen LogP) is 2.41. The molecule has 0 spiro atoms. The topological polar surface area (TPSA) is 29.5 Å². The molecular weight excluding hydrogens is 166 g/mol. The fourth-order valence-electron chi connectivity index (χ4n) is 1.83. The number of carbonyl (C=O) groups excluding carboxylic acids is 1. The van der Waals surface area contributed by atoms with Crippen LogP contribution in [-0.4, -0.2) is 29.7 Å². The lowest BCUT2D eigenvalue weighted by Crippen LogP contribution is -2.35. The first-order valence-corrected chi connectivity index (χ1v) is 5.18. The highest BCUT2D eigenvalue weighted by molar-refractivity contribution is 5.70. The van der Waals surface area contributed by atoms with Crippen molar-refractivity contribution in [2.24, 2.45) is 0 Å². The molecule has 0 radical (unpaired) electrons. The summed E-state index contributed by atoms with van der Waals surface area (Å²) in [5, 5.41) is 0. The van der Waals surface area contributed by atoms with Crippen LogP contribution >= 0.6 is 0 Å². The molecule has 76 valence electrons. The zero-order chi connectivity index (χ0) is 9.84. The number of amides is 1. The monoisotopic (exact) mass is 185 g/mol. The third-order valence-electron chi connectivity index (χ3n) is 2.63. The predicted molar refractivity (Wildman–Crippen MR) is 51.6 cm³/mol. The third kappa shape index (κ3) is 2.14. The van der Waals surface area contributed by atoms with Gasteiger partial charge in [-0.25, -0.2) is 4.79 Å². The Labute approximate surface area is 80.1 Å². The molecule has 0 aliphatic carbocycles. The van der Waals surface area contributed by atoms with Crippen molar-refractivity contribution in [1.82, 2.24) is 4.90 Å². The Morgan fingerprint density at radius 1 is 1.46 bits per heavy atom. The van der Waals surface area contributed by atoms with Crippen LogP contribution < -0.4 is 0 Å². The van der Waals surface area contributed by atoms with Crippen LogP contribution in [0.4, 0.5) is 4.79 Å². The molecule has 3 heteroatoms. The van der Waals surface area contributed by atoms with Crippen molar-refractivity contribution in [3.8, 4) is 0 Å². The van der Waals surface area contributed by atoms with Gasteiger partial charge in [-0.2, -0.15) is 0 Å². The van der Waals surface area contributed by atoms with Gasteiger partial charge in [-0.1, -0.05) is 20.3 Å². The Balaban J connectivity index is 2.53. The summed E-state index contributed by atoms with van der Waals surface area (Å²) in [6.45, 7) is 7.05. The van der Waals surface area contributed by atoms with Gasteiger partial charge in [-0.05, 0) is 19.8 Å². The lowest BCUT2D eigenvalue weighted by atomic mass is 10.1. The normalized spacial score (nSPS) is 27.9. The highest BCUT2D eigenvalue weighted by Gasteiger charge is 2.36. The summed E-state index contributed by atoms with van der Waals surface area (Å²) in [6.07, 6.45) is 3.10. The molecular formula is C10H19NO2. The van der Waals surface area contributed by atoms with Crippen molar-refractivity contribution in [1.29, 1.82) is 0 Å². The van der Waals surface area contributed by atoms with E-state index in [0.29, 0.717) is 6.04 Å². The Kier molecular flexibility index (Phi) is 3.58. The number of ether oxygens (including phenoxy) is 1. The zero-order valence-electron chi connectivity index (χ0n) is 8.75. The van der Waals surface area contributed by atoms with E-state index in [9.17, 15) is 4.79 Å². The number of cyclic esters (lactones) is 1. The van der Waals surface area contributed by atoms with Crippen LogP contribution in [0, 0.1) is 0 Å². The summed E-state index contributed by atoms with van der Waals surface area (Å²) in [7, 11) is 0. The van der Waals surface area contributed by atoms with Crippen molar-refractivity contribution < 1.29 is 9.53 Å². The lowest BCUT2D eigenvalue weighted by Gasteiger charge is -2.21. The zero-order valence-corrected chi connectivity index (χ0v) is 8.75.